The van der Waals surface area contributed by atoms with Gasteiger partial charge in [-0.2, -0.15) is 13.5 Å². The fraction of sp³-hybridized carbons (Fsp3) is 0.333. The van der Waals surface area contributed by atoms with E-state index in [1.165, 1.54) is 32.2 Å². The van der Waals surface area contributed by atoms with Gasteiger partial charge in [0.25, 0.3) is 0 Å². The predicted octanol–water partition coefficient (Wildman–Crippen LogP) is 8.24. The van der Waals surface area contributed by atoms with Crippen molar-refractivity contribution in [3.8, 4) is 11.4 Å². The van der Waals surface area contributed by atoms with Crippen LogP contribution in [0.5, 0.6) is 5.75 Å². The average molecular weight is 878 g/mol. The van der Waals surface area contributed by atoms with E-state index in [1.54, 1.807) is 4.90 Å². The zero-order valence-electron chi connectivity index (χ0n) is 29.6. The summed E-state index contributed by atoms with van der Waals surface area (Å²) < 4.78 is 61.5. The van der Waals surface area contributed by atoms with Gasteiger partial charge in [0.15, 0.2) is 5.75 Å². The molecule has 2 N–H and O–H groups in total. The van der Waals surface area contributed by atoms with Crippen LogP contribution in [0.25, 0.3) is 5.69 Å². The lowest BCUT2D eigenvalue weighted by atomic mass is 10.0. The number of hydrogen-bond donors (Lipinski definition) is 2. The van der Waals surface area contributed by atoms with Crippen molar-refractivity contribution < 1.29 is 41.4 Å². The molecule has 0 aliphatic heterocycles. The van der Waals surface area contributed by atoms with Crippen molar-refractivity contribution in [1.29, 1.82) is 0 Å². The topological polar surface area (TPSA) is 162 Å². The van der Waals surface area contributed by atoms with E-state index in [1.807, 2.05) is 32.0 Å². The standard InChI is InChI=1S/C14H20ClNO2.C11H10Cl2F2N4O3S.C8H6Cl2O3/c1-4-12-8-6-7-11(3)14(12)16(10-18-5-2)13(17)9-15;1-5-16-19(11(20)18(5)10(14)15)9-4-8(17-23(2,21)22)6(12)3-7(9)13;1-13-7-5(10)3-2-4(9)6(7)8(11)12/h6-8H,4-5,9-10H2,1-3H3;3-4,10,17H,1-2H3;2-3H,1H3,(H,11,12). The molecule has 1 amide bonds. The van der Waals surface area contributed by atoms with Crippen LogP contribution in [-0.2, 0) is 26.0 Å². The van der Waals surface area contributed by atoms with Gasteiger partial charge in [0, 0.05) is 6.61 Å². The van der Waals surface area contributed by atoms with Gasteiger partial charge in [-0.3, -0.25) is 14.4 Å². The Balaban J connectivity index is 0.000000292. The number of halogens is 7. The number of methoxy groups -OCH3 is 1. The lowest BCUT2D eigenvalue weighted by molar-refractivity contribution is -0.117. The van der Waals surface area contributed by atoms with Crippen LogP contribution in [0.2, 0.25) is 20.1 Å². The number of alkyl halides is 3. The molecule has 13 nitrogen and oxygen atoms in total. The van der Waals surface area contributed by atoms with Crippen molar-refractivity contribution in [2.24, 2.45) is 0 Å². The van der Waals surface area contributed by atoms with Gasteiger partial charge in [0.05, 0.1) is 50.5 Å². The van der Waals surface area contributed by atoms with Crippen LogP contribution in [0.1, 0.15) is 47.7 Å². The van der Waals surface area contributed by atoms with Crippen LogP contribution in [0, 0.1) is 13.8 Å². The highest BCUT2D eigenvalue weighted by atomic mass is 35.5. The normalized spacial score (nSPS) is 10.9. The molecule has 0 saturated carbocycles. The first kappa shape index (κ1) is 46.5. The Kier molecular flexibility index (Phi) is 18.0. The maximum absolute atomic E-state index is 12.8. The van der Waals surface area contributed by atoms with Crippen LogP contribution in [0.3, 0.4) is 0 Å². The summed E-state index contributed by atoms with van der Waals surface area (Å²) in [4.78, 5) is 36.3. The first-order valence-electron chi connectivity index (χ1n) is 15.5. The minimum absolute atomic E-state index is 0.0257. The number of anilines is 2. The number of aromatic carboxylic acids is 1. The number of carbonyl (C=O) groups is 2. The molecule has 0 bridgehead atoms. The molecule has 0 spiro atoms. The van der Waals surface area contributed by atoms with Gasteiger partial charge in [-0.15, -0.1) is 16.7 Å². The molecule has 21 heteroatoms. The summed E-state index contributed by atoms with van der Waals surface area (Å²) in [5.41, 5.74) is 1.74. The molecule has 0 unspecified atom stereocenters. The van der Waals surface area contributed by atoms with Gasteiger partial charge in [-0.05, 0) is 62.6 Å². The van der Waals surface area contributed by atoms with Gasteiger partial charge in [-0.25, -0.2) is 22.6 Å². The molecule has 4 aromatic rings. The Bertz CT molecular complexity index is 2130. The number of carboxylic acid groups (broad SMARTS) is 1. The summed E-state index contributed by atoms with van der Waals surface area (Å²) >= 11 is 28.9. The monoisotopic (exact) mass is 875 g/mol. The third-order valence-electron chi connectivity index (χ3n) is 7.02. The highest BCUT2D eigenvalue weighted by Gasteiger charge is 2.22. The molecule has 0 saturated heterocycles. The van der Waals surface area contributed by atoms with Crippen molar-refractivity contribution in [3.05, 3.63) is 95.6 Å². The molecule has 54 heavy (non-hydrogen) atoms. The van der Waals surface area contributed by atoms with Crippen LogP contribution in [-0.4, -0.2) is 72.3 Å². The molecule has 0 aliphatic carbocycles. The molecule has 0 aliphatic rings. The lowest BCUT2D eigenvalue weighted by Gasteiger charge is -2.25. The zero-order chi connectivity index (χ0) is 41.1. The number of amides is 1. The van der Waals surface area contributed by atoms with E-state index in [9.17, 15) is 31.6 Å². The van der Waals surface area contributed by atoms with Crippen LogP contribution < -0.4 is 20.0 Å². The summed E-state index contributed by atoms with van der Waals surface area (Å²) in [6, 6.07) is 11.2. The fourth-order valence-electron chi connectivity index (χ4n) is 4.67. The van der Waals surface area contributed by atoms with Gasteiger partial charge in [-0.1, -0.05) is 71.5 Å². The van der Waals surface area contributed by atoms with E-state index in [0.29, 0.717) is 11.3 Å². The summed E-state index contributed by atoms with van der Waals surface area (Å²) in [6.45, 7) is 4.94. The molecule has 0 fully saturated rings. The number of hydrogen-bond acceptors (Lipinski definition) is 8. The van der Waals surface area contributed by atoms with Crippen LogP contribution in [0.15, 0.2) is 47.3 Å². The molecule has 0 atom stereocenters. The number of aryl methyl sites for hydroxylation is 3. The fourth-order valence-corrected chi connectivity index (χ4v) is 6.42. The summed E-state index contributed by atoms with van der Waals surface area (Å²) in [6.07, 6.45) is 1.77. The number of para-hydroxylation sites is 1. The average Bonchev–Trinajstić information content (AvgIpc) is 3.40. The number of sulfonamides is 1. The Morgan fingerprint density at radius 2 is 1.65 bits per heavy atom. The van der Waals surface area contributed by atoms with Gasteiger partial charge in [0.1, 0.15) is 24.0 Å². The Hall–Kier alpha value is -3.64. The van der Waals surface area contributed by atoms with Gasteiger partial charge < -0.3 is 14.6 Å². The molecule has 3 aromatic carbocycles. The van der Waals surface area contributed by atoms with Gasteiger partial charge in [0.2, 0.25) is 15.9 Å². The van der Waals surface area contributed by atoms with Crippen molar-refractivity contribution in [3.63, 3.8) is 0 Å². The second kappa shape index (κ2) is 20.9. The summed E-state index contributed by atoms with van der Waals surface area (Å²) in [7, 11) is -2.31. The lowest BCUT2D eigenvalue weighted by Crippen LogP contribution is -2.35. The quantitative estimate of drug-likeness (QED) is 0.106. The van der Waals surface area contributed by atoms with E-state index in [-0.39, 0.29) is 71.7 Å². The molecule has 296 valence electrons. The molecule has 4 rings (SSSR count). The van der Waals surface area contributed by atoms with Gasteiger partial charge >= 0.3 is 18.2 Å². The summed E-state index contributed by atoms with van der Waals surface area (Å²) in [5.74, 6) is -1.47. The second-order valence-corrected chi connectivity index (χ2v) is 14.4. The first-order chi connectivity index (χ1) is 25.2. The van der Waals surface area contributed by atoms with Crippen LogP contribution >= 0.6 is 58.0 Å². The second-order valence-electron chi connectivity index (χ2n) is 10.8. The number of rotatable bonds is 12. The molecular weight excluding hydrogens is 842 g/mol. The van der Waals surface area contributed by atoms with E-state index in [0.717, 1.165) is 35.6 Å². The SMILES string of the molecule is CCOCN(C(=O)CCl)c1c(C)cccc1CC.COc1c(Cl)ccc(Cl)c1C(=O)O.Cc1nn(-c2cc(NS(C)(=O)=O)c(Cl)cc2Cl)c(=O)n1C(F)F. The maximum atomic E-state index is 12.8. The van der Waals surface area contributed by atoms with Crippen molar-refractivity contribution in [2.75, 3.05) is 42.2 Å². The van der Waals surface area contributed by atoms with E-state index >= 15 is 0 Å². The third-order valence-corrected chi connectivity index (χ3v) is 9.07. The first-order valence-corrected chi connectivity index (χ1v) is 19.4. The molecular formula is C33H36Cl5F2N5O8S. The van der Waals surface area contributed by atoms with E-state index in [2.05, 4.69) is 16.7 Å². The van der Waals surface area contributed by atoms with E-state index < -0.39 is 28.2 Å². The number of nitrogens with one attached hydrogen (secondary N) is 1. The number of ether oxygens (including phenoxy) is 2. The van der Waals surface area contributed by atoms with Crippen molar-refractivity contribution in [1.82, 2.24) is 14.3 Å². The Morgan fingerprint density at radius 1 is 1.02 bits per heavy atom. The number of benzene rings is 3. The van der Waals surface area contributed by atoms with E-state index in [4.69, 9.17) is 72.6 Å². The minimum Gasteiger partial charge on any atom is -0.494 e. The van der Waals surface area contributed by atoms with Crippen LogP contribution in [0.4, 0.5) is 20.2 Å². The highest BCUT2D eigenvalue weighted by molar-refractivity contribution is 7.92. The number of nitrogens with zero attached hydrogens (tertiary/aromatic N) is 4. The predicted molar refractivity (Wildman–Crippen MR) is 208 cm³/mol. The number of carboxylic acids is 1. The summed E-state index contributed by atoms with van der Waals surface area (Å²) in [5, 5.41) is 12.7. The highest BCUT2D eigenvalue weighted by Crippen LogP contribution is 2.34. The smallest absolute Gasteiger partial charge is 0.355 e. The molecule has 1 heterocycles. The minimum atomic E-state index is -3.65. The number of aromatic nitrogens is 3. The third kappa shape index (κ3) is 12.2. The Morgan fingerprint density at radius 3 is 2.13 bits per heavy atom. The maximum Gasteiger partial charge on any atom is 0.355 e. The van der Waals surface area contributed by atoms with Crippen molar-refractivity contribution >= 4 is 91.3 Å². The zero-order valence-corrected chi connectivity index (χ0v) is 34.2. The number of carbonyl (C=O) groups excluding carboxylic acids is 1. The largest absolute Gasteiger partial charge is 0.494 e. The Labute approximate surface area is 335 Å². The van der Waals surface area contributed by atoms with Crippen molar-refractivity contribution in [2.45, 2.75) is 40.7 Å². The molecule has 0 radical (unpaired) electrons. The molecule has 1 aromatic heterocycles.